The van der Waals surface area contributed by atoms with Gasteiger partial charge in [0.15, 0.2) is 0 Å². The first kappa shape index (κ1) is 23.4. The number of anilines is 1. The summed E-state index contributed by atoms with van der Waals surface area (Å²) in [6, 6.07) is 2.18. The van der Waals surface area contributed by atoms with Gasteiger partial charge in [0, 0.05) is 45.0 Å². The Morgan fingerprint density at radius 2 is 1.94 bits per heavy atom. The number of amides is 2. The molecule has 1 spiro atoms. The van der Waals surface area contributed by atoms with Gasteiger partial charge in [-0.25, -0.2) is 9.78 Å². The molecule has 2 amide bonds. The van der Waals surface area contributed by atoms with Crippen LogP contribution in [-0.4, -0.2) is 81.9 Å². The number of carbonyl (C=O) groups is 2. The molecule has 1 aliphatic carbocycles. The zero-order chi connectivity index (χ0) is 23.9. The lowest BCUT2D eigenvalue weighted by Gasteiger charge is -2.41. The van der Waals surface area contributed by atoms with Crippen LogP contribution >= 0.6 is 11.6 Å². The molecule has 8 nitrogen and oxygen atoms in total. The van der Waals surface area contributed by atoms with Gasteiger partial charge in [0.05, 0.1) is 16.5 Å². The van der Waals surface area contributed by atoms with Crippen molar-refractivity contribution in [3.05, 3.63) is 28.9 Å². The molecule has 1 atom stereocenters. The first-order valence-corrected chi connectivity index (χ1v) is 12.8. The van der Waals surface area contributed by atoms with Crippen LogP contribution in [0.25, 0.3) is 5.57 Å². The number of aromatic nitrogens is 1. The number of aliphatic hydroxyl groups is 1. The third kappa shape index (κ3) is 4.38. The average molecular weight is 489 g/mol. The molecule has 3 aliphatic heterocycles. The molecule has 5 rings (SSSR count). The summed E-state index contributed by atoms with van der Waals surface area (Å²) in [6.45, 7) is 3.10. The first-order valence-electron chi connectivity index (χ1n) is 12.4. The maximum Gasteiger partial charge on any atom is 0.407 e. The Morgan fingerprint density at radius 1 is 1.15 bits per heavy atom. The van der Waals surface area contributed by atoms with Crippen LogP contribution in [0.5, 0.6) is 0 Å². The zero-order valence-corrected chi connectivity index (χ0v) is 20.2. The standard InChI is InChI=1S/C25H33ClN4O4/c26-21-14-18(17-6-11-28(12-7-17)24(33)34)15-27-22(21)29-10-1-8-25(16-29)9-13-30(23(25)32)19-2-4-20(31)5-3-19/h6,14-15,19-20,31H,1-5,7-13,16H2,(H,33,34)/t19-,20-,25-/m1/s1. The van der Waals surface area contributed by atoms with Crippen LogP contribution < -0.4 is 4.90 Å². The molecule has 4 aliphatic rings. The molecule has 0 radical (unpaired) electrons. The van der Waals surface area contributed by atoms with E-state index in [1.54, 1.807) is 0 Å². The number of rotatable bonds is 3. The smallest absolute Gasteiger partial charge is 0.407 e. The van der Waals surface area contributed by atoms with E-state index in [1.807, 2.05) is 18.3 Å². The highest BCUT2D eigenvalue weighted by molar-refractivity contribution is 6.33. The van der Waals surface area contributed by atoms with E-state index in [-0.39, 0.29) is 23.5 Å². The largest absolute Gasteiger partial charge is 0.465 e. The second-order valence-electron chi connectivity index (χ2n) is 10.3. The zero-order valence-electron chi connectivity index (χ0n) is 19.5. The lowest BCUT2D eigenvalue weighted by atomic mass is 9.78. The maximum atomic E-state index is 13.6. The number of nitrogens with zero attached hydrogens (tertiary/aromatic N) is 4. The monoisotopic (exact) mass is 488 g/mol. The van der Waals surface area contributed by atoms with Crippen LogP contribution in [0.3, 0.4) is 0 Å². The van der Waals surface area contributed by atoms with Gasteiger partial charge in [0.25, 0.3) is 0 Å². The summed E-state index contributed by atoms with van der Waals surface area (Å²) in [7, 11) is 0. The summed E-state index contributed by atoms with van der Waals surface area (Å²) in [5.74, 6) is 0.988. The molecule has 2 N–H and O–H groups in total. The van der Waals surface area contributed by atoms with Crippen molar-refractivity contribution in [3.8, 4) is 0 Å². The van der Waals surface area contributed by atoms with Gasteiger partial charge in [-0.3, -0.25) is 4.79 Å². The number of aliphatic hydroxyl groups excluding tert-OH is 1. The molecule has 9 heteroatoms. The van der Waals surface area contributed by atoms with Crippen molar-refractivity contribution in [2.75, 3.05) is 37.6 Å². The quantitative estimate of drug-likeness (QED) is 0.674. The molecular weight excluding hydrogens is 456 g/mol. The molecule has 0 aromatic carbocycles. The summed E-state index contributed by atoms with van der Waals surface area (Å²) in [5, 5.41) is 19.6. The van der Waals surface area contributed by atoms with Crippen LogP contribution in [-0.2, 0) is 4.79 Å². The number of hydrogen-bond acceptors (Lipinski definition) is 5. The van der Waals surface area contributed by atoms with Crippen molar-refractivity contribution in [3.63, 3.8) is 0 Å². The van der Waals surface area contributed by atoms with E-state index in [9.17, 15) is 14.7 Å². The fourth-order valence-electron chi connectivity index (χ4n) is 6.20. The van der Waals surface area contributed by atoms with Gasteiger partial charge in [-0.15, -0.1) is 0 Å². The van der Waals surface area contributed by atoms with Gasteiger partial charge in [0.1, 0.15) is 5.82 Å². The Bertz CT molecular complexity index is 993. The van der Waals surface area contributed by atoms with Gasteiger partial charge in [0.2, 0.25) is 5.91 Å². The maximum absolute atomic E-state index is 13.6. The normalized spacial score (nSPS) is 30.1. The van der Waals surface area contributed by atoms with E-state index in [1.165, 1.54) is 4.90 Å². The van der Waals surface area contributed by atoms with E-state index in [2.05, 4.69) is 9.80 Å². The number of piperidine rings is 1. The van der Waals surface area contributed by atoms with Crippen LogP contribution in [0.1, 0.15) is 56.9 Å². The third-order valence-electron chi connectivity index (χ3n) is 8.20. The molecule has 0 bridgehead atoms. The molecule has 4 heterocycles. The molecular formula is C25H33ClN4O4. The number of carbonyl (C=O) groups excluding carboxylic acids is 1. The van der Waals surface area contributed by atoms with E-state index in [0.717, 1.165) is 75.0 Å². The minimum atomic E-state index is -0.901. The molecule has 0 unspecified atom stereocenters. The van der Waals surface area contributed by atoms with Gasteiger partial charge in [-0.05, 0) is 68.6 Å². The highest BCUT2D eigenvalue weighted by Gasteiger charge is 2.51. The minimum absolute atomic E-state index is 0.218. The van der Waals surface area contributed by atoms with Crippen LogP contribution in [0.15, 0.2) is 18.3 Å². The van der Waals surface area contributed by atoms with Crippen molar-refractivity contribution in [2.45, 2.75) is 63.5 Å². The van der Waals surface area contributed by atoms with Gasteiger partial charge < -0.3 is 24.9 Å². The molecule has 184 valence electrons. The van der Waals surface area contributed by atoms with Crippen LogP contribution in [0, 0.1) is 5.41 Å². The average Bonchev–Trinajstić information content (AvgIpc) is 3.14. The van der Waals surface area contributed by atoms with E-state index in [4.69, 9.17) is 21.7 Å². The second kappa shape index (κ2) is 9.38. The van der Waals surface area contributed by atoms with Gasteiger partial charge >= 0.3 is 6.09 Å². The van der Waals surface area contributed by atoms with E-state index < -0.39 is 6.09 Å². The molecule has 1 saturated carbocycles. The van der Waals surface area contributed by atoms with Gasteiger partial charge in [-0.1, -0.05) is 17.7 Å². The Morgan fingerprint density at radius 3 is 2.62 bits per heavy atom. The molecule has 2 saturated heterocycles. The highest BCUT2D eigenvalue weighted by Crippen LogP contribution is 2.44. The topological polar surface area (TPSA) is 97.2 Å². The Hall–Kier alpha value is -2.32. The molecule has 3 fully saturated rings. The fourth-order valence-corrected chi connectivity index (χ4v) is 6.49. The molecule has 1 aromatic heterocycles. The summed E-state index contributed by atoms with van der Waals surface area (Å²) in [5.41, 5.74) is 1.62. The number of pyridine rings is 1. The summed E-state index contributed by atoms with van der Waals surface area (Å²) < 4.78 is 0. The Balaban J connectivity index is 1.29. The van der Waals surface area contributed by atoms with Crippen molar-refractivity contribution >= 4 is 35.0 Å². The van der Waals surface area contributed by atoms with Crippen molar-refractivity contribution in [1.82, 2.24) is 14.8 Å². The summed E-state index contributed by atoms with van der Waals surface area (Å²) in [6.07, 6.45) is 9.31. The van der Waals surface area contributed by atoms with Crippen LogP contribution in [0.2, 0.25) is 5.02 Å². The number of hydrogen-bond donors (Lipinski definition) is 2. The predicted molar refractivity (Wildman–Crippen MR) is 130 cm³/mol. The van der Waals surface area contributed by atoms with Gasteiger partial charge in [-0.2, -0.15) is 0 Å². The fraction of sp³-hybridized carbons (Fsp3) is 0.640. The minimum Gasteiger partial charge on any atom is -0.465 e. The van der Waals surface area contributed by atoms with Crippen molar-refractivity contribution in [2.24, 2.45) is 5.41 Å². The van der Waals surface area contributed by atoms with E-state index >= 15 is 0 Å². The third-order valence-corrected chi connectivity index (χ3v) is 8.48. The van der Waals surface area contributed by atoms with Crippen molar-refractivity contribution < 1.29 is 19.8 Å². The van der Waals surface area contributed by atoms with Crippen molar-refractivity contribution in [1.29, 1.82) is 0 Å². The summed E-state index contributed by atoms with van der Waals surface area (Å²) >= 11 is 6.70. The summed E-state index contributed by atoms with van der Waals surface area (Å²) in [4.78, 5) is 35.1. The Kier molecular flexibility index (Phi) is 6.46. The number of likely N-dealkylation sites (tertiary alicyclic amines) is 1. The lowest BCUT2D eigenvalue weighted by molar-refractivity contribution is -0.139. The number of carboxylic acid groups (broad SMARTS) is 1. The van der Waals surface area contributed by atoms with E-state index in [0.29, 0.717) is 31.1 Å². The SMILES string of the molecule is O=C(O)N1CC=C(c2cnc(N3CCC[C@@]4(CCN([C@H]5CC[C@H](O)CC5)C4=O)C3)c(Cl)c2)CC1. The number of halogens is 1. The molecule has 1 aromatic rings. The molecule has 34 heavy (non-hydrogen) atoms. The Labute approximate surface area is 205 Å². The predicted octanol–water partition coefficient (Wildman–Crippen LogP) is 3.62. The highest BCUT2D eigenvalue weighted by atomic mass is 35.5. The second-order valence-corrected chi connectivity index (χ2v) is 10.7. The lowest BCUT2D eigenvalue weighted by Crippen LogP contribution is -2.50. The van der Waals surface area contributed by atoms with Crippen LogP contribution in [0.4, 0.5) is 10.6 Å². The first-order chi connectivity index (χ1) is 16.4.